The Hall–Kier alpha value is -1.52. The standard InChI is InChI=1S/C32H48O9/c1-17-29(35)24(37-5)14-27(39-17)41-21-8-10-30(3)20(13-21)6-7-23-22(30)9-11-31(4)28(19-12-26(34)38-16-19)25(40-18(2)33)15-32(23,31)36/h12,17,20-25,27-29,35-36H,6-11,13-16H2,1-5H3/t17-,20-,21+,22-,23+,24+,25+,27+,28+,29-,30+,31-,32+/m1/s1. The predicted molar refractivity (Wildman–Crippen MR) is 147 cm³/mol. The Morgan fingerprint density at radius 1 is 1.07 bits per heavy atom. The Kier molecular flexibility index (Phi) is 7.62. The summed E-state index contributed by atoms with van der Waals surface area (Å²) in [7, 11) is 1.62. The summed E-state index contributed by atoms with van der Waals surface area (Å²) in [5.41, 5.74) is -0.559. The third-order valence-corrected chi connectivity index (χ3v) is 12.5. The summed E-state index contributed by atoms with van der Waals surface area (Å²) in [6, 6.07) is 0. The fourth-order valence-electron chi connectivity index (χ4n) is 10.4. The van der Waals surface area contributed by atoms with Crippen molar-refractivity contribution in [3.8, 4) is 0 Å². The lowest BCUT2D eigenvalue weighted by Crippen LogP contribution is -2.62. The summed E-state index contributed by atoms with van der Waals surface area (Å²) in [5, 5.41) is 23.0. The maximum Gasteiger partial charge on any atom is 0.331 e. The summed E-state index contributed by atoms with van der Waals surface area (Å²) >= 11 is 0. The van der Waals surface area contributed by atoms with Crippen molar-refractivity contribution in [1.29, 1.82) is 0 Å². The molecule has 4 saturated carbocycles. The first-order valence-corrected chi connectivity index (χ1v) is 15.7. The molecular formula is C32H48O9. The Balaban J connectivity index is 1.19. The fraction of sp³-hybridized carbons (Fsp3) is 0.875. The van der Waals surface area contributed by atoms with Crippen LogP contribution in [0.2, 0.25) is 0 Å². The lowest BCUT2D eigenvalue weighted by molar-refractivity contribution is -0.273. The normalized spacial score (nSPS) is 51.2. The number of rotatable bonds is 5. The molecule has 0 spiro atoms. The van der Waals surface area contributed by atoms with Gasteiger partial charge in [-0.2, -0.15) is 0 Å². The van der Waals surface area contributed by atoms with Gasteiger partial charge in [0.05, 0.1) is 23.9 Å². The zero-order valence-corrected chi connectivity index (χ0v) is 25.2. The van der Waals surface area contributed by atoms with Gasteiger partial charge in [-0.25, -0.2) is 4.79 Å². The molecule has 0 aromatic heterocycles. The van der Waals surface area contributed by atoms with Crippen LogP contribution in [0.1, 0.15) is 85.5 Å². The van der Waals surface area contributed by atoms with Crippen LogP contribution in [-0.4, -0.2) is 78.3 Å². The molecule has 6 rings (SSSR count). The molecule has 41 heavy (non-hydrogen) atoms. The van der Waals surface area contributed by atoms with Gasteiger partial charge in [-0.1, -0.05) is 13.8 Å². The monoisotopic (exact) mass is 576 g/mol. The SMILES string of the molecule is CO[C@H]1C[C@H](O[C@H]2CC[C@@]3(C)[C@H](CC[C@H]4[C@H]3CC[C@]3(C)[C@@H](C5=CC(=O)OC5)[C@@H](OC(C)=O)C[C@]43O)C2)O[C@H](C)[C@H]1O. The van der Waals surface area contributed by atoms with Gasteiger partial charge in [0.25, 0.3) is 0 Å². The first kappa shape index (κ1) is 29.5. The molecule has 2 N–H and O–H groups in total. The summed E-state index contributed by atoms with van der Waals surface area (Å²) < 4.78 is 29.1. The van der Waals surface area contributed by atoms with Crippen LogP contribution < -0.4 is 0 Å². The molecule has 9 nitrogen and oxygen atoms in total. The molecule has 4 aliphatic carbocycles. The van der Waals surface area contributed by atoms with Gasteiger partial charge in [-0.15, -0.1) is 0 Å². The van der Waals surface area contributed by atoms with E-state index in [0.29, 0.717) is 24.7 Å². The zero-order chi connectivity index (χ0) is 29.3. The van der Waals surface area contributed by atoms with E-state index in [1.807, 2.05) is 6.92 Å². The van der Waals surface area contributed by atoms with Gasteiger partial charge < -0.3 is 33.9 Å². The van der Waals surface area contributed by atoms with E-state index in [4.69, 9.17) is 23.7 Å². The van der Waals surface area contributed by atoms with Crippen LogP contribution >= 0.6 is 0 Å². The Bertz CT molecular complexity index is 1080. The maximum atomic E-state index is 12.7. The van der Waals surface area contributed by atoms with E-state index in [1.165, 1.54) is 6.92 Å². The molecule has 0 aromatic carbocycles. The second kappa shape index (κ2) is 10.6. The van der Waals surface area contributed by atoms with Crippen molar-refractivity contribution >= 4 is 11.9 Å². The van der Waals surface area contributed by atoms with E-state index in [9.17, 15) is 19.8 Å². The number of methoxy groups -OCH3 is 1. The molecule has 2 heterocycles. The number of esters is 2. The quantitative estimate of drug-likeness (QED) is 0.373. The van der Waals surface area contributed by atoms with Crippen LogP contribution in [0.3, 0.4) is 0 Å². The molecule has 0 bridgehead atoms. The van der Waals surface area contributed by atoms with Crippen molar-refractivity contribution in [3.63, 3.8) is 0 Å². The fourth-order valence-corrected chi connectivity index (χ4v) is 10.4. The highest BCUT2D eigenvalue weighted by molar-refractivity contribution is 5.85. The van der Waals surface area contributed by atoms with E-state index < -0.39 is 23.2 Å². The van der Waals surface area contributed by atoms with E-state index >= 15 is 0 Å². The van der Waals surface area contributed by atoms with Crippen molar-refractivity contribution in [2.45, 2.75) is 128 Å². The first-order valence-electron chi connectivity index (χ1n) is 15.7. The minimum atomic E-state index is -0.990. The lowest BCUT2D eigenvalue weighted by Gasteiger charge is -2.63. The molecule has 0 aromatic rings. The van der Waals surface area contributed by atoms with Crippen molar-refractivity contribution in [3.05, 3.63) is 11.6 Å². The van der Waals surface area contributed by atoms with Crippen LogP contribution in [-0.2, 0) is 33.3 Å². The molecule has 1 saturated heterocycles. The van der Waals surface area contributed by atoms with Gasteiger partial charge in [0.2, 0.25) is 0 Å². The van der Waals surface area contributed by atoms with E-state index in [-0.39, 0.29) is 60.4 Å². The topological polar surface area (TPSA) is 121 Å². The van der Waals surface area contributed by atoms with Crippen LogP contribution in [0.25, 0.3) is 0 Å². The van der Waals surface area contributed by atoms with Crippen LogP contribution in [0, 0.1) is 34.5 Å². The third kappa shape index (κ3) is 4.69. The number of ether oxygens (including phenoxy) is 5. The van der Waals surface area contributed by atoms with E-state index in [0.717, 1.165) is 50.5 Å². The van der Waals surface area contributed by atoms with Crippen LogP contribution in [0.15, 0.2) is 11.6 Å². The largest absolute Gasteiger partial charge is 0.462 e. The molecular weight excluding hydrogens is 528 g/mol. The number of fused-ring (bicyclic) bond motifs is 5. The highest BCUT2D eigenvalue weighted by Crippen LogP contribution is 2.70. The van der Waals surface area contributed by atoms with E-state index in [2.05, 4.69) is 13.8 Å². The highest BCUT2D eigenvalue weighted by atomic mass is 16.7. The molecule has 9 heteroatoms. The molecule has 0 unspecified atom stereocenters. The van der Waals surface area contributed by atoms with E-state index in [1.54, 1.807) is 13.2 Å². The van der Waals surface area contributed by atoms with Gasteiger partial charge in [0.1, 0.15) is 18.8 Å². The van der Waals surface area contributed by atoms with Crippen molar-refractivity contribution in [2.24, 2.45) is 34.5 Å². The number of aliphatic hydroxyl groups is 2. The smallest absolute Gasteiger partial charge is 0.331 e. The van der Waals surface area contributed by atoms with Gasteiger partial charge in [0, 0.05) is 44.3 Å². The minimum Gasteiger partial charge on any atom is -0.462 e. The Labute approximate surface area is 243 Å². The molecule has 5 fully saturated rings. The van der Waals surface area contributed by atoms with Crippen molar-refractivity contribution in [2.75, 3.05) is 13.7 Å². The summed E-state index contributed by atoms with van der Waals surface area (Å²) in [4.78, 5) is 24.2. The third-order valence-electron chi connectivity index (χ3n) is 12.5. The van der Waals surface area contributed by atoms with Gasteiger partial charge in [-0.3, -0.25) is 4.79 Å². The number of cyclic esters (lactones) is 1. The lowest BCUT2D eigenvalue weighted by atomic mass is 9.43. The first-order chi connectivity index (χ1) is 19.4. The van der Waals surface area contributed by atoms with Crippen LogP contribution in [0.5, 0.6) is 0 Å². The van der Waals surface area contributed by atoms with Gasteiger partial charge >= 0.3 is 11.9 Å². The molecule has 2 aliphatic heterocycles. The Morgan fingerprint density at radius 2 is 1.85 bits per heavy atom. The Morgan fingerprint density at radius 3 is 2.54 bits per heavy atom. The summed E-state index contributed by atoms with van der Waals surface area (Å²) in [6.07, 6.45) is 7.14. The summed E-state index contributed by atoms with van der Waals surface area (Å²) in [6.45, 7) is 8.06. The molecule has 13 atom stereocenters. The zero-order valence-electron chi connectivity index (χ0n) is 25.2. The predicted octanol–water partition coefficient (Wildman–Crippen LogP) is 3.68. The van der Waals surface area contributed by atoms with Crippen molar-refractivity contribution in [1.82, 2.24) is 0 Å². The number of carbonyl (C=O) groups excluding carboxylic acids is 2. The number of carbonyl (C=O) groups is 2. The average molecular weight is 577 g/mol. The molecule has 0 radical (unpaired) electrons. The van der Waals surface area contributed by atoms with Crippen LogP contribution in [0.4, 0.5) is 0 Å². The molecule has 6 aliphatic rings. The van der Waals surface area contributed by atoms with Crippen molar-refractivity contribution < 1.29 is 43.5 Å². The van der Waals surface area contributed by atoms with Gasteiger partial charge in [-0.05, 0) is 80.6 Å². The molecule has 0 amide bonds. The highest BCUT2D eigenvalue weighted by Gasteiger charge is 2.71. The minimum absolute atomic E-state index is 0.0898. The average Bonchev–Trinajstić information content (AvgIpc) is 3.42. The number of aliphatic hydroxyl groups excluding tert-OH is 1. The second-order valence-electron chi connectivity index (χ2n) is 14.3. The summed E-state index contributed by atoms with van der Waals surface area (Å²) in [5.74, 6) is 0.0175. The second-order valence-corrected chi connectivity index (χ2v) is 14.3. The maximum absolute atomic E-state index is 12.7. The number of hydrogen-bond donors (Lipinski definition) is 2. The van der Waals surface area contributed by atoms with Gasteiger partial charge in [0.15, 0.2) is 6.29 Å². The number of hydrogen-bond acceptors (Lipinski definition) is 9. The molecule has 230 valence electrons.